The lowest BCUT2D eigenvalue weighted by Gasteiger charge is -2.45. The molecule has 7 nitrogen and oxygen atoms in total. The number of carbonyl (C=O) groups is 1. The highest BCUT2D eigenvalue weighted by molar-refractivity contribution is 8.21. The number of nitrogens with zero attached hydrogens (tertiary/aromatic N) is 3. The smallest absolute Gasteiger partial charge is 0.321 e. The fraction of sp³-hybridized carbons (Fsp3) is 0.500. The Morgan fingerprint density at radius 1 is 1.26 bits per heavy atom. The molecule has 2 amide bonds. The van der Waals surface area contributed by atoms with Crippen molar-refractivity contribution in [3.63, 3.8) is 0 Å². The van der Waals surface area contributed by atoms with Gasteiger partial charge in [0.2, 0.25) is 0 Å². The molecule has 3 atom stereocenters. The van der Waals surface area contributed by atoms with Gasteiger partial charge in [-0.15, -0.1) is 10.8 Å². The van der Waals surface area contributed by atoms with Gasteiger partial charge in [-0.3, -0.25) is 9.11 Å². The summed E-state index contributed by atoms with van der Waals surface area (Å²) >= 11 is 5.95. The van der Waals surface area contributed by atoms with Gasteiger partial charge >= 0.3 is 6.03 Å². The molecule has 2 aromatic rings. The van der Waals surface area contributed by atoms with Crippen molar-refractivity contribution in [2.45, 2.75) is 50.0 Å². The average Bonchev–Trinajstić information content (AvgIpc) is 3.64. The minimum Gasteiger partial charge on any atom is -0.321 e. The predicted molar refractivity (Wildman–Crippen MR) is 149 cm³/mol. The number of carbonyl (C=O) groups excluding carboxylic acids is 1. The Hall–Kier alpha value is -2.35. The number of piperidine rings is 1. The largest absolute Gasteiger partial charge is 0.322 e. The molecule has 2 saturated carbocycles. The number of hydrogen-bond acceptors (Lipinski definition) is 5. The first-order chi connectivity index (χ1) is 18.1. The van der Waals surface area contributed by atoms with E-state index in [0.29, 0.717) is 36.8 Å². The standard InChI is InChI=1S/C28H34ClFN4O3S/c1-38(36,37)33-11-8-19(9-12-33)18-34(27(35)32-23-5-6-26(30)25(29)15-23)24-7-10-28(16-22(28)14-24)21-4-2-3-20(13-21)17-31/h2-6,13,15,19,22,24,36-37H,7-12,14,16,18H2,1H3,(H,32,35)/t22?,24-,28+/m1/s1. The maximum Gasteiger partial charge on any atom is 0.322 e. The second kappa shape index (κ2) is 10.7. The van der Waals surface area contributed by atoms with Crippen LogP contribution < -0.4 is 5.32 Å². The Balaban J connectivity index is 1.31. The van der Waals surface area contributed by atoms with Crippen LogP contribution in [0.5, 0.6) is 0 Å². The molecule has 3 aliphatic rings. The Bertz CT molecular complexity index is 1240. The molecule has 0 spiro atoms. The highest BCUT2D eigenvalue weighted by Gasteiger charge is 2.58. The van der Waals surface area contributed by atoms with Crippen molar-refractivity contribution in [3.05, 3.63) is 64.4 Å². The lowest BCUT2D eigenvalue weighted by atomic mass is 9.79. The predicted octanol–water partition coefficient (Wildman–Crippen LogP) is 6.70. The molecule has 2 aliphatic carbocycles. The molecular formula is C28H34ClFN4O3S. The van der Waals surface area contributed by atoms with Gasteiger partial charge in [-0.25, -0.2) is 13.5 Å². The molecule has 0 aromatic heterocycles. The number of anilines is 1. The maximum atomic E-state index is 13.7. The zero-order valence-corrected chi connectivity index (χ0v) is 23.0. The second-order valence-corrected chi connectivity index (χ2v) is 13.6. The van der Waals surface area contributed by atoms with Crippen LogP contribution in [0.2, 0.25) is 5.02 Å². The van der Waals surface area contributed by atoms with Gasteiger partial charge in [0.25, 0.3) is 0 Å². The fourth-order valence-corrected chi connectivity index (χ4v) is 7.51. The summed E-state index contributed by atoms with van der Waals surface area (Å²) in [4.78, 5) is 15.6. The molecule has 5 rings (SSSR count). The number of nitrogens with one attached hydrogen (secondary N) is 1. The Morgan fingerprint density at radius 2 is 2.03 bits per heavy atom. The molecule has 1 aliphatic heterocycles. The van der Waals surface area contributed by atoms with Crippen molar-refractivity contribution >= 4 is 34.1 Å². The minimum absolute atomic E-state index is 0.0414. The van der Waals surface area contributed by atoms with E-state index in [9.17, 15) is 23.6 Å². The van der Waals surface area contributed by atoms with Gasteiger partial charge in [-0.1, -0.05) is 23.7 Å². The number of fused-ring (bicyclic) bond motifs is 1. The third-order valence-electron chi connectivity index (χ3n) is 8.67. The third kappa shape index (κ3) is 5.65. The molecule has 38 heavy (non-hydrogen) atoms. The van der Waals surface area contributed by atoms with Gasteiger partial charge in [0.05, 0.1) is 16.7 Å². The van der Waals surface area contributed by atoms with Crippen LogP contribution in [0.25, 0.3) is 0 Å². The monoisotopic (exact) mass is 560 g/mol. The van der Waals surface area contributed by atoms with E-state index >= 15 is 0 Å². The molecule has 0 bridgehead atoms. The molecule has 0 radical (unpaired) electrons. The zero-order chi connectivity index (χ0) is 27.1. The lowest BCUT2D eigenvalue weighted by molar-refractivity contribution is 0.130. The summed E-state index contributed by atoms with van der Waals surface area (Å²) < 4.78 is 35.5. The number of benzene rings is 2. The molecule has 3 N–H and O–H groups in total. The third-order valence-corrected chi connectivity index (χ3v) is 10.3. The number of halogens is 2. The number of rotatable bonds is 6. The van der Waals surface area contributed by atoms with Gasteiger partial charge in [0.15, 0.2) is 0 Å². The summed E-state index contributed by atoms with van der Waals surface area (Å²) in [5.41, 5.74) is 2.45. The summed E-state index contributed by atoms with van der Waals surface area (Å²) in [6.45, 7) is 1.74. The van der Waals surface area contributed by atoms with Crippen molar-refractivity contribution in [2.24, 2.45) is 11.8 Å². The van der Waals surface area contributed by atoms with Crippen LogP contribution in [-0.4, -0.2) is 56.3 Å². The summed E-state index contributed by atoms with van der Waals surface area (Å²) in [6, 6.07) is 14.2. The quantitative estimate of drug-likeness (QED) is 0.365. The van der Waals surface area contributed by atoms with Crippen molar-refractivity contribution in [3.8, 4) is 6.07 Å². The number of urea groups is 1. The van der Waals surface area contributed by atoms with Gasteiger partial charge in [0, 0.05) is 37.6 Å². The first-order valence-corrected chi connectivity index (χ1v) is 15.4. The SMILES string of the molecule is CS(O)(O)N1CCC(CN(C(=O)Nc2ccc(F)c(Cl)c2)[C@@H]2CC[C@@]3(c4cccc(C#N)c4)CC3C2)CC1. The number of nitriles is 1. The molecule has 2 aromatic carbocycles. The van der Waals surface area contributed by atoms with Crippen LogP contribution in [0.15, 0.2) is 42.5 Å². The van der Waals surface area contributed by atoms with Crippen LogP contribution in [0.4, 0.5) is 14.9 Å². The second-order valence-electron chi connectivity index (χ2n) is 11.1. The number of amides is 2. The normalized spacial score (nSPS) is 26.2. The summed E-state index contributed by atoms with van der Waals surface area (Å²) in [5, 5.41) is 12.2. The van der Waals surface area contributed by atoms with E-state index in [1.165, 1.54) is 30.0 Å². The molecule has 1 unspecified atom stereocenters. The topological polar surface area (TPSA) is 99.8 Å². The van der Waals surface area contributed by atoms with Crippen LogP contribution in [0.1, 0.15) is 49.7 Å². The van der Waals surface area contributed by atoms with Crippen LogP contribution in [0.3, 0.4) is 0 Å². The summed E-state index contributed by atoms with van der Waals surface area (Å²) in [6.07, 6.45) is 6.78. The van der Waals surface area contributed by atoms with E-state index in [1.807, 2.05) is 23.1 Å². The van der Waals surface area contributed by atoms with Crippen molar-refractivity contribution in [2.75, 3.05) is 31.2 Å². The van der Waals surface area contributed by atoms with E-state index in [1.54, 1.807) is 4.31 Å². The first-order valence-electron chi connectivity index (χ1n) is 13.1. The van der Waals surface area contributed by atoms with Crippen LogP contribution in [-0.2, 0) is 5.41 Å². The van der Waals surface area contributed by atoms with Gasteiger partial charge in [-0.05, 0) is 91.7 Å². The fourth-order valence-electron chi connectivity index (χ4n) is 6.43. The molecular weight excluding hydrogens is 527 g/mol. The molecule has 3 fully saturated rings. The maximum absolute atomic E-state index is 13.7. The summed E-state index contributed by atoms with van der Waals surface area (Å²) in [7, 11) is -2.73. The Labute approximate surface area is 230 Å². The molecule has 10 heteroatoms. The van der Waals surface area contributed by atoms with E-state index in [-0.39, 0.29) is 28.4 Å². The average molecular weight is 561 g/mol. The van der Waals surface area contributed by atoms with Gasteiger partial charge in [0.1, 0.15) is 5.82 Å². The van der Waals surface area contributed by atoms with Crippen molar-refractivity contribution in [1.29, 1.82) is 5.26 Å². The van der Waals surface area contributed by atoms with Crippen LogP contribution in [0, 0.1) is 29.0 Å². The molecule has 1 heterocycles. The van der Waals surface area contributed by atoms with Gasteiger partial charge in [-0.2, -0.15) is 5.26 Å². The molecule has 1 saturated heterocycles. The molecule has 204 valence electrons. The summed E-state index contributed by atoms with van der Waals surface area (Å²) in [5.74, 6) is 0.169. The van der Waals surface area contributed by atoms with Crippen molar-refractivity contribution in [1.82, 2.24) is 9.21 Å². The van der Waals surface area contributed by atoms with Crippen molar-refractivity contribution < 1.29 is 18.3 Å². The van der Waals surface area contributed by atoms with E-state index < -0.39 is 16.6 Å². The van der Waals surface area contributed by atoms with E-state index in [0.717, 1.165) is 38.5 Å². The highest BCUT2D eigenvalue weighted by Crippen LogP contribution is 2.63. The first kappa shape index (κ1) is 27.2. The zero-order valence-electron chi connectivity index (χ0n) is 21.4. The minimum atomic E-state index is -2.73. The lowest BCUT2D eigenvalue weighted by Crippen LogP contribution is -2.49. The Morgan fingerprint density at radius 3 is 2.68 bits per heavy atom. The van der Waals surface area contributed by atoms with Crippen LogP contribution >= 0.6 is 22.4 Å². The van der Waals surface area contributed by atoms with E-state index in [4.69, 9.17) is 11.6 Å². The van der Waals surface area contributed by atoms with E-state index in [2.05, 4.69) is 17.5 Å². The van der Waals surface area contributed by atoms with Gasteiger partial charge < -0.3 is 10.2 Å². The Kier molecular flexibility index (Phi) is 7.64. The number of hydrogen-bond donors (Lipinski definition) is 3. The highest BCUT2D eigenvalue weighted by atomic mass is 35.5.